The summed E-state index contributed by atoms with van der Waals surface area (Å²) in [6.45, 7) is -1.51. The molecule has 0 saturated carbocycles. The molecule has 4 heterocycles. The van der Waals surface area contributed by atoms with Crippen molar-refractivity contribution in [1.82, 2.24) is 19.5 Å². The summed E-state index contributed by atoms with van der Waals surface area (Å²) in [7, 11) is -7.97. The summed E-state index contributed by atoms with van der Waals surface area (Å²) >= 11 is 0. The zero-order valence-corrected chi connectivity index (χ0v) is 17.2. The molecule has 4 rings (SSSR count). The van der Waals surface area contributed by atoms with Crippen LogP contribution < -0.4 is 5.73 Å². The number of rotatable bonds is 7. The Morgan fingerprint density at radius 2 is 1.90 bits per heavy atom. The zero-order chi connectivity index (χ0) is 21.7. The van der Waals surface area contributed by atoms with Gasteiger partial charge in [0, 0.05) is 7.11 Å². The highest BCUT2D eigenvalue weighted by Gasteiger charge is 2.54. The first-order valence-electron chi connectivity index (χ1n) is 8.51. The second-order valence-electron chi connectivity index (χ2n) is 6.61. The van der Waals surface area contributed by atoms with E-state index in [-0.39, 0.29) is 5.82 Å². The number of nitrogen functional groups attached to an aromatic ring is 1. The van der Waals surface area contributed by atoms with Gasteiger partial charge in [0.15, 0.2) is 23.6 Å². The number of imidazole rings is 1. The Morgan fingerprint density at radius 1 is 1.17 bits per heavy atom. The topological polar surface area (TPSA) is 211 Å². The summed E-state index contributed by atoms with van der Waals surface area (Å²) in [5.41, 5.74) is 6.52. The van der Waals surface area contributed by atoms with Crippen LogP contribution in [0.1, 0.15) is 6.23 Å². The van der Waals surface area contributed by atoms with E-state index in [1.165, 1.54) is 19.8 Å². The van der Waals surface area contributed by atoms with Crippen molar-refractivity contribution in [3.8, 4) is 0 Å². The highest BCUT2D eigenvalue weighted by Crippen LogP contribution is 2.55. The number of aromatic nitrogens is 4. The van der Waals surface area contributed by atoms with Crippen molar-refractivity contribution >= 4 is 32.2 Å². The summed E-state index contributed by atoms with van der Waals surface area (Å²) < 4.78 is 51.7. The summed E-state index contributed by atoms with van der Waals surface area (Å²) in [6, 6.07) is 0. The van der Waals surface area contributed by atoms with Gasteiger partial charge in [-0.1, -0.05) is 0 Å². The van der Waals surface area contributed by atoms with Crippen molar-refractivity contribution in [3.05, 3.63) is 12.7 Å². The Labute approximate surface area is 168 Å². The zero-order valence-electron chi connectivity index (χ0n) is 15.4. The Kier molecular flexibility index (Phi) is 5.70. The second-order valence-corrected chi connectivity index (χ2v) is 10.6. The van der Waals surface area contributed by atoms with Gasteiger partial charge in [-0.3, -0.25) is 13.7 Å². The molecule has 2 aromatic rings. The maximum absolute atomic E-state index is 12.0. The number of fused-ring (bicyclic) bond motifs is 2. The average molecular weight is 467 g/mol. The fourth-order valence-corrected chi connectivity index (χ4v) is 5.86. The van der Waals surface area contributed by atoms with Gasteiger partial charge in [0.25, 0.3) is 6.48 Å². The third-order valence-corrected chi connectivity index (χ3v) is 7.94. The summed E-state index contributed by atoms with van der Waals surface area (Å²) in [4.78, 5) is 39.8. The molecule has 0 radical (unpaired) electrons. The Hall–Kier alpha value is -1.51. The molecule has 2 aromatic heterocycles. The number of hydrogen-bond donors (Lipinski definition) is 4. The molecule has 15 nitrogen and oxygen atoms in total. The molecule has 5 N–H and O–H groups in total. The molecule has 0 aliphatic carbocycles. The van der Waals surface area contributed by atoms with Crippen LogP contribution in [0.25, 0.3) is 11.2 Å². The van der Waals surface area contributed by atoms with Gasteiger partial charge in [0.2, 0.25) is 0 Å². The summed E-state index contributed by atoms with van der Waals surface area (Å²) in [6.07, 6.45) is -0.563. The van der Waals surface area contributed by atoms with Gasteiger partial charge in [-0.15, -0.1) is 0 Å². The smallest absolute Gasteiger partial charge is 0.340 e. The first-order chi connectivity index (χ1) is 14.1. The van der Waals surface area contributed by atoms with Crippen LogP contribution in [0.4, 0.5) is 5.82 Å². The summed E-state index contributed by atoms with van der Waals surface area (Å²) in [5.74, 6) is -1.14. The molecule has 2 aliphatic rings. The van der Waals surface area contributed by atoms with Gasteiger partial charge in [-0.05, 0) is 0 Å². The first-order valence-corrected chi connectivity index (χ1v) is 12.1. The third-order valence-electron chi connectivity index (χ3n) is 4.48. The number of methoxy groups -OCH3 is 1. The van der Waals surface area contributed by atoms with Crippen LogP contribution in [-0.2, 0) is 32.6 Å². The number of ether oxygens (including phenoxy) is 4. The highest BCUT2D eigenvalue weighted by molar-refractivity contribution is 7.70. The molecular formula is C13H19N5O10P2. The molecule has 0 amide bonds. The average Bonchev–Trinajstić information content (AvgIpc) is 3.31. The quantitative estimate of drug-likeness (QED) is 0.373. The lowest BCUT2D eigenvalue weighted by atomic mass is 10.1. The van der Waals surface area contributed by atoms with Gasteiger partial charge >= 0.3 is 15.2 Å². The monoisotopic (exact) mass is 467 g/mol. The van der Waals surface area contributed by atoms with E-state index in [1.807, 2.05) is 0 Å². The third kappa shape index (κ3) is 4.27. The van der Waals surface area contributed by atoms with Crippen LogP contribution in [0, 0.1) is 0 Å². The van der Waals surface area contributed by atoms with Crippen molar-refractivity contribution in [2.75, 3.05) is 25.4 Å². The molecule has 17 heteroatoms. The fourth-order valence-electron chi connectivity index (χ4n) is 3.30. The van der Waals surface area contributed by atoms with E-state index in [9.17, 15) is 14.0 Å². The van der Waals surface area contributed by atoms with Crippen LogP contribution in [0.3, 0.4) is 0 Å². The standard InChI is InChI=1S/C13H19N5O10P2/c1-24-13-27-8-6(2-25-30(22,23)5-29(19,20)21)26-12(9(8)28-13)18-4-17-7-10(14)15-3-16-11(7)18/h3-4,6,8-9,12-13H,2,5H2,1H3,(H,22,23)(H2,14,15,16)(H2,19,20,21)/t6-,8?,9+,12-,13?/m1/s1. The molecule has 0 spiro atoms. The van der Waals surface area contributed by atoms with E-state index in [2.05, 4.69) is 15.0 Å². The molecule has 6 atom stereocenters. The Balaban J connectivity index is 1.57. The molecule has 2 aliphatic heterocycles. The predicted octanol–water partition coefficient (Wildman–Crippen LogP) is -0.643. The van der Waals surface area contributed by atoms with E-state index in [0.717, 1.165) is 0 Å². The van der Waals surface area contributed by atoms with Crippen LogP contribution in [-0.4, -0.2) is 78.6 Å². The van der Waals surface area contributed by atoms with Crippen LogP contribution in [0.5, 0.6) is 0 Å². The van der Waals surface area contributed by atoms with E-state index in [1.54, 1.807) is 4.57 Å². The first kappa shape index (κ1) is 21.7. The van der Waals surface area contributed by atoms with Gasteiger partial charge in [-0.25, -0.2) is 15.0 Å². The van der Waals surface area contributed by atoms with E-state index in [0.29, 0.717) is 11.2 Å². The molecular weight excluding hydrogens is 448 g/mol. The van der Waals surface area contributed by atoms with Crippen molar-refractivity contribution < 1.29 is 47.3 Å². The molecule has 0 aromatic carbocycles. The molecule has 2 saturated heterocycles. The van der Waals surface area contributed by atoms with Crippen molar-refractivity contribution in [1.29, 1.82) is 0 Å². The second kappa shape index (κ2) is 7.88. The van der Waals surface area contributed by atoms with Gasteiger partial charge in [0.05, 0.1) is 12.9 Å². The van der Waals surface area contributed by atoms with Crippen molar-refractivity contribution in [2.24, 2.45) is 0 Å². The molecule has 0 bridgehead atoms. The number of nitrogens with two attached hydrogens (primary N) is 1. The minimum absolute atomic E-state index is 0.171. The van der Waals surface area contributed by atoms with Crippen molar-refractivity contribution in [2.45, 2.75) is 31.0 Å². The number of nitrogens with zero attached hydrogens (tertiary/aromatic N) is 4. The minimum atomic E-state index is -4.76. The van der Waals surface area contributed by atoms with Crippen LogP contribution in [0.15, 0.2) is 12.7 Å². The highest BCUT2D eigenvalue weighted by atomic mass is 31.2. The Bertz CT molecular complexity index is 1030. The Morgan fingerprint density at radius 3 is 2.60 bits per heavy atom. The molecule has 3 unspecified atom stereocenters. The largest absolute Gasteiger partial charge is 0.382 e. The van der Waals surface area contributed by atoms with E-state index in [4.69, 9.17) is 39.0 Å². The predicted molar refractivity (Wildman–Crippen MR) is 96.9 cm³/mol. The molecule has 30 heavy (non-hydrogen) atoms. The van der Waals surface area contributed by atoms with Gasteiger partial charge < -0.3 is 43.9 Å². The lowest BCUT2D eigenvalue weighted by Crippen LogP contribution is -2.31. The maximum Gasteiger partial charge on any atom is 0.340 e. The SMILES string of the molecule is COC1OC2[C@@H](COP(=O)(O)CP(=O)(O)O)O[C@@H](n3cnc4c(N)ncnc43)[C@H]2O1. The normalized spacial score (nSPS) is 31.1. The number of anilines is 1. The van der Waals surface area contributed by atoms with E-state index < -0.39 is 58.7 Å². The van der Waals surface area contributed by atoms with Crippen LogP contribution in [0.2, 0.25) is 0 Å². The molecule has 166 valence electrons. The number of hydrogen-bond acceptors (Lipinski definition) is 11. The lowest BCUT2D eigenvalue weighted by Gasteiger charge is -2.21. The van der Waals surface area contributed by atoms with E-state index >= 15 is 0 Å². The van der Waals surface area contributed by atoms with Crippen molar-refractivity contribution in [3.63, 3.8) is 0 Å². The fraction of sp³-hybridized carbons (Fsp3) is 0.615. The summed E-state index contributed by atoms with van der Waals surface area (Å²) in [5, 5.41) is 0. The minimum Gasteiger partial charge on any atom is -0.382 e. The molecule has 2 fully saturated rings. The maximum atomic E-state index is 12.0. The van der Waals surface area contributed by atoms with Gasteiger partial charge in [0.1, 0.15) is 30.2 Å². The van der Waals surface area contributed by atoms with Gasteiger partial charge in [-0.2, -0.15) is 0 Å². The lowest BCUT2D eigenvalue weighted by molar-refractivity contribution is -0.256. The van der Waals surface area contributed by atoms with Crippen LogP contribution >= 0.6 is 15.2 Å².